The molecule has 5 aliphatic carbocycles. The Hall–Kier alpha value is -8.88. The zero-order chi connectivity index (χ0) is 66.7. The van der Waals surface area contributed by atoms with E-state index in [1.807, 2.05) is 28.7 Å². The number of aliphatic hydroxyl groups is 1. The van der Waals surface area contributed by atoms with Gasteiger partial charge in [0, 0.05) is 37.4 Å². The smallest absolute Gasteiger partial charge is 0.302 e. The van der Waals surface area contributed by atoms with Crippen molar-refractivity contribution in [1.82, 2.24) is 95.1 Å². The number of ether oxygens (including phenoxy) is 2. The number of nitrogens with two attached hydrogens (primary N) is 1. The molecule has 2 aromatic carbocycles. The van der Waals surface area contributed by atoms with Crippen molar-refractivity contribution in [2.24, 2.45) is 0 Å². The third-order valence-corrected chi connectivity index (χ3v) is 17.6. The quantitative estimate of drug-likeness (QED) is 0.0654. The lowest BCUT2D eigenvalue weighted by molar-refractivity contribution is -0.148. The zero-order valence-electron chi connectivity index (χ0n) is 55.9. The largest absolute Gasteiger partial charge is 0.460 e. The van der Waals surface area contributed by atoms with Crippen molar-refractivity contribution >= 4 is 122 Å². The Morgan fingerprint density at radius 2 is 0.892 bits per heavy atom. The number of carbonyl (C=O) groups excluding carboxylic acids is 4. The summed E-state index contributed by atoms with van der Waals surface area (Å²) in [6.45, 7) is 6.41. The van der Waals surface area contributed by atoms with Gasteiger partial charge < -0.3 is 30.9 Å². The van der Waals surface area contributed by atoms with Gasteiger partial charge in [-0.15, -0.1) is 15.3 Å². The van der Waals surface area contributed by atoms with Crippen molar-refractivity contribution < 1.29 is 42.5 Å². The molecule has 0 bridgehead atoms. The van der Waals surface area contributed by atoms with Gasteiger partial charge in [0.15, 0.2) is 0 Å². The van der Waals surface area contributed by atoms with Crippen LogP contribution < -0.4 is 16.4 Å². The average molecular weight is 1510 g/mol. The first-order valence-electron chi connectivity index (χ1n) is 31.9. The number of nitrogens with one attached hydrogen (secondary N) is 2. The van der Waals surface area contributed by atoms with Crippen molar-refractivity contribution in [3.8, 4) is 56.8 Å². The van der Waals surface area contributed by atoms with Crippen molar-refractivity contribution in [3.05, 3.63) is 138 Å². The fourth-order valence-corrected chi connectivity index (χ4v) is 12.6. The number of tetrazole rings is 3. The van der Waals surface area contributed by atoms with Gasteiger partial charge in [0.05, 0.1) is 59.8 Å². The van der Waals surface area contributed by atoms with Gasteiger partial charge in [-0.1, -0.05) is 18.2 Å². The Bertz CT molecular complexity index is 4550. The number of pyridine rings is 3. The summed E-state index contributed by atoms with van der Waals surface area (Å²) in [6, 6.07) is 21.6. The molecule has 5 saturated carbocycles. The van der Waals surface area contributed by atoms with E-state index < -0.39 is 29.6 Å². The van der Waals surface area contributed by atoms with Crippen LogP contribution in [0.3, 0.4) is 0 Å². The van der Waals surface area contributed by atoms with Crippen molar-refractivity contribution in [2.75, 3.05) is 16.4 Å². The molecule has 2 amide bonds. The molecule has 15 rings (SSSR count). The lowest BCUT2D eigenvalue weighted by Gasteiger charge is -2.20. The molecular formula is C65H80F2N22O7S6. The Balaban J connectivity index is 0.000000216. The summed E-state index contributed by atoms with van der Waals surface area (Å²) in [6.07, 6.45) is 18.1. The summed E-state index contributed by atoms with van der Waals surface area (Å²) in [7, 11) is 0. The Labute approximate surface area is 626 Å². The number of halogens is 2. The topological polar surface area (TPSA) is 362 Å². The fourth-order valence-electron chi connectivity index (χ4n) is 12.6. The monoisotopic (exact) mass is 1510 g/mol. The van der Waals surface area contributed by atoms with Crippen LogP contribution in [0.1, 0.15) is 159 Å². The number of anilines is 3. The van der Waals surface area contributed by atoms with Gasteiger partial charge in [0.1, 0.15) is 58.4 Å². The van der Waals surface area contributed by atoms with E-state index in [9.17, 15) is 33.1 Å². The minimum absolute atomic E-state index is 0. The SMILES string of the molecule is CC(=O)O[C@H]1CCC[C@@H]1n1nnnc1-c1cccc(N)n1.CC(=O)O[C@H]1CCC[C@@H]1n1nnnc1-c1cccc(NC(=O)c2cc(-c3cnn(C4CC4)c3)c(C)cc2F)n1.Cc1cc(F)c(C(=O)Nc2cccc(-c3nnnn3[C@H]3CCC[C@@H]3O)n2)cc1-c1cnn(C2CC2)c1.S.S.S.S.S.S. The third-order valence-electron chi connectivity index (χ3n) is 17.6. The Morgan fingerprint density at radius 1 is 0.510 bits per heavy atom. The van der Waals surface area contributed by atoms with Crippen molar-refractivity contribution in [2.45, 2.75) is 160 Å². The van der Waals surface area contributed by atoms with E-state index in [0.29, 0.717) is 64.4 Å². The standard InChI is InChI=1S/C27H27FN8O3.C25H25FN8O2.C13H16N6O2.6H2S/c1-15-11-21(28)20(12-19(15)17-13-29-35(14-17)18-9-10-18)27(38)31-25-8-3-5-22(30-25)26-32-33-34-36(26)23-6-4-7-24(23)39-16(2)37;1-14-10-19(26)18(11-17(14)15-12-27-33(13-15)16-8-9-16)25(36)29-23-7-2-4-20(28-23)24-30-31-32-34(24)21-5-3-6-22(21)35;1-8(20)21-11-6-3-5-10(11)19-13(16-17-18-19)9-4-2-7-12(14)15-9;;;;;;/h3,5,8,11-14,18,23-24H,4,6-7,9-10H2,1-2H3,(H,30,31,38);2,4,7,10-13,16,21-22,35H,3,5-6,8-9H2,1H3,(H,28,29,36);2,4,7,10-11H,3,5-6H2,1H3,(H2,14,15);6*1H2/t23-,24-;21-,22-;10-,11-;;;;;;/m000....../s1. The van der Waals surface area contributed by atoms with Crippen LogP contribution in [0, 0.1) is 25.5 Å². The molecular weight excluding hydrogens is 1430 g/mol. The second-order valence-electron chi connectivity index (χ2n) is 24.5. The number of aliphatic hydroxyl groups excluding tert-OH is 1. The first-order valence-corrected chi connectivity index (χ1v) is 31.9. The van der Waals surface area contributed by atoms with E-state index in [1.165, 1.54) is 26.0 Å². The van der Waals surface area contributed by atoms with Crippen LogP contribution >= 0.6 is 81.0 Å². The van der Waals surface area contributed by atoms with Crippen LogP contribution in [0.15, 0.2) is 104 Å². The van der Waals surface area contributed by atoms with E-state index >= 15 is 0 Å². The van der Waals surface area contributed by atoms with Gasteiger partial charge in [0.25, 0.3) is 11.8 Å². The van der Waals surface area contributed by atoms with E-state index in [4.69, 9.17) is 15.2 Å². The number of benzene rings is 2. The highest BCUT2D eigenvalue weighted by molar-refractivity contribution is 7.60. The number of aryl methyl sites for hydroxylation is 2. The second kappa shape index (κ2) is 35.3. The Kier molecular flexibility index (Phi) is 27.9. The number of hydrogen-bond donors (Lipinski definition) is 4. The molecule has 5 N–H and O–H groups in total. The summed E-state index contributed by atoms with van der Waals surface area (Å²) in [4.78, 5) is 62.2. The molecule has 6 atom stereocenters. The predicted octanol–water partition coefficient (Wildman–Crippen LogP) is 9.66. The van der Waals surface area contributed by atoms with Crippen LogP contribution in [-0.4, -0.2) is 142 Å². The highest BCUT2D eigenvalue weighted by atomic mass is 32.1. The molecule has 0 saturated heterocycles. The van der Waals surface area contributed by atoms with Crippen LogP contribution in [0.4, 0.5) is 26.2 Å². The summed E-state index contributed by atoms with van der Waals surface area (Å²) in [5, 5.41) is 60.3. The van der Waals surface area contributed by atoms with Crippen LogP contribution in [0.5, 0.6) is 0 Å². The molecule has 37 heteroatoms. The lowest BCUT2D eigenvalue weighted by Crippen LogP contribution is -2.25. The molecule has 102 heavy (non-hydrogen) atoms. The summed E-state index contributed by atoms with van der Waals surface area (Å²) in [5.41, 5.74) is 11.6. The first kappa shape index (κ1) is 80.4. The van der Waals surface area contributed by atoms with E-state index in [1.54, 1.807) is 100 Å². The zero-order valence-corrected chi connectivity index (χ0v) is 61.9. The van der Waals surface area contributed by atoms with Gasteiger partial charge in [-0.25, -0.2) is 37.8 Å². The molecule has 0 radical (unpaired) electrons. The molecule has 29 nitrogen and oxygen atoms in total. The minimum atomic E-state index is -0.627. The number of esters is 2. The van der Waals surface area contributed by atoms with Crippen LogP contribution in [0.25, 0.3) is 56.8 Å². The number of nitrogen functional groups attached to an aromatic ring is 1. The van der Waals surface area contributed by atoms with Gasteiger partial charge >= 0.3 is 11.9 Å². The number of amides is 2. The molecule has 8 aromatic heterocycles. The first-order chi connectivity index (χ1) is 46.5. The minimum Gasteiger partial charge on any atom is -0.460 e. The average Bonchev–Trinajstić information content (AvgIpc) is 1.59. The van der Waals surface area contributed by atoms with E-state index in [2.05, 4.69) is 82.4 Å². The molecule has 5 aliphatic rings. The highest BCUT2D eigenvalue weighted by Gasteiger charge is 2.37. The van der Waals surface area contributed by atoms with Crippen molar-refractivity contribution in [1.29, 1.82) is 0 Å². The fraction of sp³-hybridized carbons (Fsp3) is 0.385. The number of aromatic nitrogens is 19. The molecule has 10 aromatic rings. The summed E-state index contributed by atoms with van der Waals surface area (Å²) >= 11 is 0. The van der Waals surface area contributed by atoms with Gasteiger partial charge in [-0.3, -0.25) is 28.5 Å². The van der Waals surface area contributed by atoms with E-state index in [-0.39, 0.29) is 146 Å². The third kappa shape index (κ3) is 18.3. The Morgan fingerprint density at radius 3 is 1.27 bits per heavy atom. The van der Waals surface area contributed by atoms with Gasteiger partial charge in [0.2, 0.25) is 17.5 Å². The maximum absolute atomic E-state index is 14.9. The molecule has 0 spiro atoms. The van der Waals surface area contributed by atoms with E-state index in [0.717, 1.165) is 105 Å². The highest BCUT2D eigenvalue weighted by Crippen LogP contribution is 2.40. The molecule has 8 heterocycles. The van der Waals surface area contributed by atoms with Crippen LogP contribution in [0.2, 0.25) is 0 Å². The maximum Gasteiger partial charge on any atom is 0.302 e. The second-order valence-corrected chi connectivity index (χ2v) is 24.5. The predicted molar refractivity (Wildman–Crippen MR) is 403 cm³/mol. The number of hydrogen-bond acceptors (Lipinski definition) is 22. The lowest BCUT2D eigenvalue weighted by atomic mass is 9.99. The number of nitrogens with zero attached hydrogens (tertiary/aromatic N) is 19. The molecule has 542 valence electrons. The molecule has 0 unspecified atom stereocenters. The van der Waals surface area contributed by atoms with Crippen molar-refractivity contribution in [3.63, 3.8) is 0 Å². The normalized spacial score (nSPS) is 18.5. The molecule has 5 fully saturated rings. The number of rotatable bonds is 16. The summed E-state index contributed by atoms with van der Waals surface area (Å²) in [5.74, 6) is -0.940. The number of carbonyl (C=O) groups is 4. The maximum atomic E-state index is 14.9. The molecule has 0 aliphatic heterocycles. The van der Waals surface area contributed by atoms with Crippen LogP contribution in [-0.2, 0) is 19.1 Å². The summed E-state index contributed by atoms with van der Waals surface area (Å²) < 4.78 is 49.3. The van der Waals surface area contributed by atoms with Gasteiger partial charge in [-0.2, -0.15) is 91.2 Å². The van der Waals surface area contributed by atoms with Gasteiger partial charge in [-0.05, 0) is 212 Å².